The quantitative estimate of drug-likeness (QED) is 0.454. The van der Waals surface area contributed by atoms with Crippen LogP contribution < -0.4 is 10.1 Å². The number of hydrogen-bond donors (Lipinski definition) is 2. The Kier molecular flexibility index (Phi) is 5.41. The molecule has 3 rings (SSSR count). The van der Waals surface area contributed by atoms with E-state index >= 15 is 0 Å². The van der Waals surface area contributed by atoms with E-state index in [1.54, 1.807) is 13.3 Å². The molecule has 0 saturated carbocycles. The molecule has 2 heterocycles. The Morgan fingerprint density at radius 3 is 2.81 bits per heavy atom. The maximum atomic E-state index is 12.5. The van der Waals surface area contributed by atoms with Gasteiger partial charge in [-0.15, -0.1) is 0 Å². The van der Waals surface area contributed by atoms with Crippen LogP contribution in [0.5, 0.6) is 5.75 Å². The van der Waals surface area contributed by atoms with Crippen molar-refractivity contribution >= 4 is 29.2 Å². The number of unbranched alkanes of at least 4 members (excludes halogenated alkanes) is 1. The van der Waals surface area contributed by atoms with Crippen LogP contribution in [0.1, 0.15) is 36.1 Å². The number of nitrogens with one attached hydrogen (secondary N) is 2. The number of hydrogen-bond acceptors (Lipinski definition) is 4. The molecule has 1 aromatic heterocycles. The molecule has 0 aliphatic carbocycles. The standard InChI is InChI=1S/C20H22N2O4/c1-25-17-10-11-21-16(17)12-14-19-13(6-3-4-9-18(23)26-2)7-5-8-15(19)22-20(14)24/h5,7-8,10-12,21H,3-4,6,9H2,1-2H3,(H,22,24)/b14-12-. The van der Waals surface area contributed by atoms with E-state index in [4.69, 9.17) is 4.74 Å². The molecule has 0 saturated heterocycles. The van der Waals surface area contributed by atoms with Crippen molar-refractivity contribution in [2.45, 2.75) is 25.7 Å². The topological polar surface area (TPSA) is 80.4 Å². The predicted molar refractivity (Wildman–Crippen MR) is 99.9 cm³/mol. The minimum Gasteiger partial charge on any atom is -0.495 e. The molecule has 0 fully saturated rings. The summed E-state index contributed by atoms with van der Waals surface area (Å²) in [6.45, 7) is 0. The highest BCUT2D eigenvalue weighted by atomic mass is 16.5. The Balaban J connectivity index is 1.84. The minimum atomic E-state index is -0.195. The molecular weight excluding hydrogens is 332 g/mol. The predicted octanol–water partition coefficient (Wildman–Crippen LogP) is 3.40. The second-order valence-electron chi connectivity index (χ2n) is 6.09. The van der Waals surface area contributed by atoms with E-state index in [0.717, 1.165) is 41.8 Å². The van der Waals surface area contributed by atoms with Crippen LogP contribution in [-0.2, 0) is 20.7 Å². The molecule has 0 atom stereocenters. The number of methoxy groups -OCH3 is 2. The van der Waals surface area contributed by atoms with Gasteiger partial charge in [0.05, 0.1) is 25.5 Å². The Labute approximate surface area is 152 Å². The van der Waals surface area contributed by atoms with Gasteiger partial charge in [-0.25, -0.2) is 0 Å². The number of fused-ring (bicyclic) bond motifs is 1. The normalized spacial score (nSPS) is 14.2. The van der Waals surface area contributed by atoms with Crippen LogP contribution in [0.15, 0.2) is 30.5 Å². The molecule has 26 heavy (non-hydrogen) atoms. The molecule has 1 aromatic carbocycles. The first-order chi connectivity index (χ1) is 12.6. The zero-order chi connectivity index (χ0) is 18.5. The smallest absolute Gasteiger partial charge is 0.305 e. The summed E-state index contributed by atoms with van der Waals surface area (Å²) in [6, 6.07) is 7.68. The summed E-state index contributed by atoms with van der Waals surface area (Å²) >= 11 is 0. The summed E-state index contributed by atoms with van der Waals surface area (Å²) in [5, 5.41) is 2.92. The lowest BCUT2D eigenvalue weighted by molar-refractivity contribution is -0.140. The Morgan fingerprint density at radius 1 is 1.19 bits per heavy atom. The Bertz CT molecular complexity index is 851. The molecule has 0 spiro atoms. The fourth-order valence-electron chi connectivity index (χ4n) is 3.16. The van der Waals surface area contributed by atoms with Gasteiger partial charge in [0.15, 0.2) is 0 Å². The summed E-state index contributed by atoms with van der Waals surface area (Å²) in [5.74, 6) is 0.368. The number of esters is 1. The summed E-state index contributed by atoms with van der Waals surface area (Å²) in [6.07, 6.45) is 6.38. The zero-order valence-corrected chi connectivity index (χ0v) is 14.9. The van der Waals surface area contributed by atoms with Gasteiger partial charge < -0.3 is 19.8 Å². The van der Waals surface area contributed by atoms with Gasteiger partial charge in [-0.05, 0) is 43.0 Å². The average Bonchev–Trinajstić information content (AvgIpc) is 3.23. The third kappa shape index (κ3) is 3.64. The molecule has 136 valence electrons. The number of anilines is 1. The lowest BCUT2D eigenvalue weighted by atomic mass is 9.95. The first-order valence-electron chi connectivity index (χ1n) is 8.57. The van der Waals surface area contributed by atoms with Gasteiger partial charge in [-0.3, -0.25) is 9.59 Å². The molecular formula is C20H22N2O4. The first kappa shape index (κ1) is 17.8. The number of aryl methyl sites for hydroxylation is 1. The first-order valence-corrected chi connectivity index (χ1v) is 8.57. The minimum absolute atomic E-state index is 0.126. The Morgan fingerprint density at radius 2 is 2.04 bits per heavy atom. The maximum absolute atomic E-state index is 12.5. The molecule has 6 nitrogen and oxygen atoms in total. The lowest BCUT2D eigenvalue weighted by Crippen LogP contribution is -2.04. The van der Waals surface area contributed by atoms with Gasteiger partial charge in [0.1, 0.15) is 5.75 Å². The molecule has 6 heteroatoms. The van der Waals surface area contributed by atoms with Crippen LogP contribution in [0.4, 0.5) is 5.69 Å². The number of amides is 1. The van der Waals surface area contributed by atoms with E-state index < -0.39 is 0 Å². The third-order valence-corrected chi connectivity index (χ3v) is 4.47. The van der Waals surface area contributed by atoms with E-state index in [9.17, 15) is 9.59 Å². The van der Waals surface area contributed by atoms with Crippen molar-refractivity contribution in [3.05, 3.63) is 47.3 Å². The van der Waals surface area contributed by atoms with Crippen LogP contribution in [0.25, 0.3) is 11.6 Å². The highest BCUT2D eigenvalue weighted by Gasteiger charge is 2.27. The lowest BCUT2D eigenvalue weighted by Gasteiger charge is -2.08. The fourth-order valence-corrected chi connectivity index (χ4v) is 3.16. The van der Waals surface area contributed by atoms with Gasteiger partial charge in [0.2, 0.25) is 0 Å². The highest BCUT2D eigenvalue weighted by molar-refractivity contribution is 6.35. The number of carbonyl (C=O) groups is 2. The highest BCUT2D eigenvalue weighted by Crippen LogP contribution is 2.37. The van der Waals surface area contributed by atoms with E-state index in [-0.39, 0.29) is 11.9 Å². The van der Waals surface area contributed by atoms with Gasteiger partial charge >= 0.3 is 5.97 Å². The molecule has 1 amide bonds. The summed E-state index contributed by atoms with van der Waals surface area (Å²) in [4.78, 5) is 26.8. The van der Waals surface area contributed by atoms with E-state index in [1.807, 2.05) is 30.3 Å². The van der Waals surface area contributed by atoms with Crippen molar-refractivity contribution in [1.29, 1.82) is 0 Å². The molecule has 0 unspecified atom stereocenters. The van der Waals surface area contributed by atoms with Crippen LogP contribution in [0, 0.1) is 0 Å². The monoisotopic (exact) mass is 354 g/mol. The van der Waals surface area contributed by atoms with Crippen molar-refractivity contribution in [3.63, 3.8) is 0 Å². The van der Waals surface area contributed by atoms with Crippen LogP contribution in [0.2, 0.25) is 0 Å². The summed E-state index contributed by atoms with van der Waals surface area (Å²) < 4.78 is 9.98. The molecule has 0 bridgehead atoms. The number of aromatic nitrogens is 1. The maximum Gasteiger partial charge on any atom is 0.305 e. The summed E-state index contributed by atoms with van der Waals surface area (Å²) in [5.41, 5.74) is 4.20. The van der Waals surface area contributed by atoms with E-state index in [0.29, 0.717) is 17.7 Å². The summed E-state index contributed by atoms with van der Waals surface area (Å²) in [7, 11) is 3.00. The van der Waals surface area contributed by atoms with Gasteiger partial charge in [-0.2, -0.15) is 0 Å². The number of aromatic amines is 1. The molecule has 2 aromatic rings. The number of benzene rings is 1. The van der Waals surface area contributed by atoms with Gasteiger partial charge in [-0.1, -0.05) is 12.1 Å². The Hall–Kier alpha value is -3.02. The van der Waals surface area contributed by atoms with Crippen molar-refractivity contribution < 1.29 is 19.1 Å². The van der Waals surface area contributed by atoms with Crippen LogP contribution in [-0.4, -0.2) is 31.1 Å². The van der Waals surface area contributed by atoms with E-state index in [2.05, 4.69) is 15.0 Å². The SMILES string of the molecule is COC(=O)CCCCc1cccc2c1/C(=C/c1[nH]ccc1OC)C(=O)N2. The van der Waals surface area contributed by atoms with Crippen LogP contribution in [0.3, 0.4) is 0 Å². The third-order valence-electron chi connectivity index (χ3n) is 4.47. The van der Waals surface area contributed by atoms with Crippen molar-refractivity contribution in [1.82, 2.24) is 4.98 Å². The van der Waals surface area contributed by atoms with Gasteiger partial charge in [0, 0.05) is 23.9 Å². The number of ether oxygens (including phenoxy) is 2. The molecule has 0 radical (unpaired) electrons. The number of rotatable bonds is 7. The van der Waals surface area contributed by atoms with Crippen LogP contribution >= 0.6 is 0 Å². The molecule has 2 N–H and O–H groups in total. The van der Waals surface area contributed by atoms with Crippen molar-refractivity contribution in [3.8, 4) is 5.75 Å². The van der Waals surface area contributed by atoms with Crippen molar-refractivity contribution in [2.24, 2.45) is 0 Å². The number of carbonyl (C=O) groups excluding carboxylic acids is 2. The fraction of sp³-hybridized carbons (Fsp3) is 0.300. The second-order valence-corrected chi connectivity index (χ2v) is 6.09. The van der Waals surface area contributed by atoms with Gasteiger partial charge in [0.25, 0.3) is 5.91 Å². The van der Waals surface area contributed by atoms with E-state index in [1.165, 1.54) is 7.11 Å². The molecule has 1 aliphatic rings. The number of H-pyrrole nitrogens is 1. The molecule has 1 aliphatic heterocycles. The van der Waals surface area contributed by atoms with Crippen molar-refractivity contribution in [2.75, 3.05) is 19.5 Å². The average molecular weight is 354 g/mol. The largest absolute Gasteiger partial charge is 0.495 e. The zero-order valence-electron chi connectivity index (χ0n) is 14.9. The second kappa shape index (κ2) is 7.91.